The number of fused-ring (bicyclic) bond motifs is 1. The Kier molecular flexibility index (Phi) is 4.12. The maximum Gasteiger partial charge on any atom is 0.261 e. The van der Waals surface area contributed by atoms with Crippen LogP contribution in [0.4, 0.5) is 4.39 Å². The first-order chi connectivity index (χ1) is 10.9. The number of carbonyl (C=O) groups excluding carboxylic acids is 1. The van der Waals surface area contributed by atoms with Gasteiger partial charge in [0.2, 0.25) is 5.91 Å². The Labute approximate surface area is 132 Å². The number of ether oxygens (including phenoxy) is 1. The molecule has 1 aromatic heterocycles. The SMILES string of the molecule is C[C@@H]1CN(C(=O)Cn2cnc3ccc(F)cc3c2=O)C[C@H](C)O1. The van der Waals surface area contributed by atoms with Gasteiger partial charge in [0.15, 0.2) is 0 Å². The van der Waals surface area contributed by atoms with E-state index in [1.54, 1.807) is 4.90 Å². The maximum atomic E-state index is 13.3. The Morgan fingerprint density at radius 1 is 1.35 bits per heavy atom. The molecule has 0 aliphatic carbocycles. The molecule has 0 saturated carbocycles. The van der Waals surface area contributed by atoms with Crippen LogP contribution in [0, 0.1) is 5.82 Å². The molecule has 1 amide bonds. The third kappa shape index (κ3) is 3.24. The number of carbonyl (C=O) groups is 1. The Balaban J connectivity index is 1.85. The summed E-state index contributed by atoms with van der Waals surface area (Å²) in [4.78, 5) is 30.6. The summed E-state index contributed by atoms with van der Waals surface area (Å²) >= 11 is 0. The normalized spacial score (nSPS) is 21.6. The second-order valence-corrected chi connectivity index (χ2v) is 5.90. The first-order valence-electron chi connectivity index (χ1n) is 7.52. The molecule has 0 unspecified atom stereocenters. The minimum atomic E-state index is -0.503. The molecule has 3 rings (SSSR count). The van der Waals surface area contributed by atoms with Crippen LogP contribution in [0.1, 0.15) is 13.8 Å². The fourth-order valence-corrected chi connectivity index (χ4v) is 2.87. The molecule has 0 radical (unpaired) electrons. The average Bonchev–Trinajstić information content (AvgIpc) is 2.49. The number of hydrogen-bond donors (Lipinski definition) is 0. The number of nitrogens with zero attached hydrogens (tertiary/aromatic N) is 3. The molecule has 1 fully saturated rings. The topological polar surface area (TPSA) is 64.4 Å². The van der Waals surface area contributed by atoms with Crippen molar-refractivity contribution in [2.45, 2.75) is 32.6 Å². The number of amides is 1. The summed E-state index contributed by atoms with van der Waals surface area (Å²) in [7, 11) is 0. The van der Waals surface area contributed by atoms with Crippen molar-refractivity contribution >= 4 is 16.8 Å². The second-order valence-electron chi connectivity index (χ2n) is 5.90. The van der Waals surface area contributed by atoms with E-state index in [1.807, 2.05) is 13.8 Å². The number of hydrogen-bond acceptors (Lipinski definition) is 4. The first-order valence-corrected chi connectivity index (χ1v) is 7.52. The van der Waals surface area contributed by atoms with E-state index >= 15 is 0 Å². The molecule has 1 aromatic carbocycles. The van der Waals surface area contributed by atoms with Crippen LogP contribution >= 0.6 is 0 Å². The predicted octanol–water partition coefficient (Wildman–Crippen LogP) is 1.17. The van der Waals surface area contributed by atoms with Crippen molar-refractivity contribution in [2.24, 2.45) is 0 Å². The minimum absolute atomic E-state index is 0.0387. The maximum absolute atomic E-state index is 13.3. The largest absolute Gasteiger partial charge is 0.372 e. The number of morpholine rings is 1. The summed E-state index contributed by atoms with van der Waals surface area (Å²) < 4.78 is 20.1. The summed E-state index contributed by atoms with van der Waals surface area (Å²) in [5.41, 5.74) is -0.00841. The molecule has 0 N–H and O–H groups in total. The highest BCUT2D eigenvalue weighted by Gasteiger charge is 2.26. The molecule has 2 atom stereocenters. The van der Waals surface area contributed by atoms with Gasteiger partial charge < -0.3 is 9.64 Å². The highest BCUT2D eigenvalue weighted by atomic mass is 19.1. The van der Waals surface area contributed by atoms with Crippen molar-refractivity contribution < 1.29 is 13.9 Å². The van der Waals surface area contributed by atoms with Gasteiger partial charge in [-0.2, -0.15) is 0 Å². The van der Waals surface area contributed by atoms with Crippen LogP contribution in [-0.2, 0) is 16.1 Å². The Morgan fingerprint density at radius 2 is 2.04 bits per heavy atom. The lowest BCUT2D eigenvalue weighted by atomic mass is 10.2. The van der Waals surface area contributed by atoms with Crippen LogP contribution in [-0.4, -0.2) is 45.7 Å². The van der Waals surface area contributed by atoms with Crippen molar-refractivity contribution in [3.8, 4) is 0 Å². The Hall–Kier alpha value is -2.28. The molecule has 23 heavy (non-hydrogen) atoms. The summed E-state index contributed by atoms with van der Waals surface area (Å²) in [5, 5.41) is 0.170. The van der Waals surface area contributed by atoms with E-state index in [1.165, 1.54) is 23.0 Å². The molecule has 1 saturated heterocycles. The molecule has 6 nitrogen and oxygen atoms in total. The van der Waals surface area contributed by atoms with Crippen LogP contribution in [0.5, 0.6) is 0 Å². The third-order valence-corrected chi connectivity index (χ3v) is 3.86. The zero-order valence-corrected chi connectivity index (χ0v) is 13.0. The Bertz CT molecular complexity index is 795. The van der Waals surface area contributed by atoms with Crippen molar-refractivity contribution in [3.63, 3.8) is 0 Å². The molecule has 0 bridgehead atoms. The zero-order valence-electron chi connectivity index (χ0n) is 13.0. The molecular weight excluding hydrogens is 301 g/mol. The van der Waals surface area contributed by atoms with E-state index in [0.717, 1.165) is 6.07 Å². The van der Waals surface area contributed by atoms with E-state index in [0.29, 0.717) is 18.6 Å². The van der Waals surface area contributed by atoms with Crippen molar-refractivity contribution in [3.05, 3.63) is 40.7 Å². The van der Waals surface area contributed by atoms with Crippen LogP contribution in [0.15, 0.2) is 29.3 Å². The third-order valence-electron chi connectivity index (χ3n) is 3.86. The van der Waals surface area contributed by atoms with Crippen molar-refractivity contribution in [1.82, 2.24) is 14.5 Å². The first kappa shape index (κ1) is 15.6. The van der Waals surface area contributed by atoms with Gasteiger partial charge in [-0.15, -0.1) is 0 Å². The highest BCUT2D eigenvalue weighted by molar-refractivity contribution is 5.79. The van der Waals surface area contributed by atoms with Crippen LogP contribution in [0.2, 0.25) is 0 Å². The monoisotopic (exact) mass is 319 g/mol. The summed E-state index contributed by atoms with van der Waals surface area (Å²) in [5.74, 6) is -0.678. The molecule has 122 valence electrons. The highest BCUT2D eigenvalue weighted by Crippen LogP contribution is 2.12. The molecule has 2 heterocycles. The van der Waals surface area contributed by atoms with Crippen LogP contribution in [0.25, 0.3) is 10.9 Å². The lowest BCUT2D eigenvalue weighted by molar-refractivity contribution is -0.143. The van der Waals surface area contributed by atoms with Gasteiger partial charge in [0, 0.05) is 13.1 Å². The van der Waals surface area contributed by atoms with Gasteiger partial charge >= 0.3 is 0 Å². The van der Waals surface area contributed by atoms with E-state index in [2.05, 4.69) is 4.98 Å². The van der Waals surface area contributed by atoms with Crippen molar-refractivity contribution in [1.29, 1.82) is 0 Å². The van der Waals surface area contributed by atoms with Gasteiger partial charge in [-0.3, -0.25) is 14.2 Å². The molecule has 2 aromatic rings. The number of halogens is 1. The number of benzene rings is 1. The van der Waals surface area contributed by atoms with Crippen molar-refractivity contribution in [2.75, 3.05) is 13.1 Å². The van der Waals surface area contributed by atoms with E-state index in [9.17, 15) is 14.0 Å². The van der Waals surface area contributed by atoms with Gasteiger partial charge in [-0.25, -0.2) is 9.37 Å². The zero-order chi connectivity index (χ0) is 16.6. The fourth-order valence-electron chi connectivity index (χ4n) is 2.87. The van der Waals surface area contributed by atoms with E-state index in [-0.39, 0.29) is 30.0 Å². The van der Waals surface area contributed by atoms with Gasteiger partial charge in [-0.05, 0) is 32.0 Å². The average molecular weight is 319 g/mol. The number of aromatic nitrogens is 2. The summed E-state index contributed by atoms with van der Waals surface area (Å²) in [6.07, 6.45) is 1.25. The quantitative estimate of drug-likeness (QED) is 0.833. The lowest BCUT2D eigenvalue weighted by Crippen LogP contribution is -2.49. The van der Waals surface area contributed by atoms with E-state index < -0.39 is 11.4 Å². The van der Waals surface area contributed by atoms with Gasteiger partial charge in [0.25, 0.3) is 5.56 Å². The molecule has 7 heteroatoms. The van der Waals surface area contributed by atoms with Gasteiger partial charge in [0.05, 0.1) is 29.4 Å². The predicted molar refractivity (Wildman–Crippen MR) is 82.6 cm³/mol. The molecule has 0 spiro atoms. The fraction of sp³-hybridized carbons (Fsp3) is 0.438. The van der Waals surface area contributed by atoms with Crippen LogP contribution < -0.4 is 5.56 Å². The second kappa shape index (κ2) is 6.08. The molecular formula is C16H18FN3O3. The molecule has 1 aliphatic heterocycles. The summed E-state index contributed by atoms with van der Waals surface area (Å²) in [6.45, 7) is 4.68. The Morgan fingerprint density at radius 3 is 2.74 bits per heavy atom. The lowest BCUT2D eigenvalue weighted by Gasteiger charge is -2.35. The van der Waals surface area contributed by atoms with Gasteiger partial charge in [-0.1, -0.05) is 0 Å². The standard InChI is InChI=1S/C16H18FN3O3/c1-10-6-19(7-11(2)23-10)15(21)8-20-9-18-14-4-3-12(17)5-13(14)16(20)22/h3-5,9-11H,6-8H2,1-2H3/t10-,11+. The summed E-state index contributed by atoms with van der Waals surface area (Å²) in [6, 6.07) is 3.84. The molecule has 1 aliphatic rings. The van der Waals surface area contributed by atoms with E-state index in [4.69, 9.17) is 4.74 Å². The minimum Gasteiger partial charge on any atom is -0.372 e. The van der Waals surface area contributed by atoms with Crippen LogP contribution in [0.3, 0.4) is 0 Å². The number of rotatable bonds is 2. The smallest absolute Gasteiger partial charge is 0.261 e. The van der Waals surface area contributed by atoms with Gasteiger partial charge in [0.1, 0.15) is 12.4 Å².